The summed E-state index contributed by atoms with van der Waals surface area (Å²) in [6, 6.07) is 5.50. The normalized spacial score (nSPS) is 10.7. The molecule has 0 spiro atoms. The molecule has 1 aromatic heterocycles. The minimum Gasteiger partial charge on any atom is -0.481 e. The van der Waals surface area contributed by atoms with Gasteiger partial charge in [-0.05, 0) is 48.6 Å². The number of aryl methyl sites for hydroxylation is 2. The van der Waals surface area contributed by atoms with Crippen molar-refractivity contribution < 1.29 is 9.90 Å². The van der Waals surface area contributed by atoms with Crippen LogP contribution in [0.2, 0.25) is 0 Å². The molecule has 4 nitrogen and oxygen atoms in total. The van der Waals surface area contributed by atoms with Crippen molar-refractivity contribution in [3.05, 3.63) is 45.2 Å². The first kappa shape index (κ1) is 11.4. The van der Waals surface area contributed by atoms with Crippen LogP contribution in [0.4, 0.5) is 0 Å². The van der Waals surface area contributed by atoms with Gasteiger partial charge in [0.05, 0.1) is 6.42 Å². The number of fused-ring (bicyclic) bond motifs is 1. The summed E-state index contributed by atoms with van der Waals surface area (Å²) in [6.07, 6.45) is -0.252. The van der Waals surface area contributed by atoms with E-state index in [1.54, 1.807) is 6.07 Å². The van der Waals surface area contributed by atoms with Crippen LogP contribution < -0.4 is 5.56 Å². The van der Waals surface area contributed by atoms with Crippen LogP contribution >= 0.6 is 0 Å². The molecule has 0 saturated heterocycles. The van der Waals surface area contributed by atoms with E-state index in [1.165, 1.54) is 0 Å². The Morgan fingerprint density at radius 2 is 1.88 bits per heavy atom. The maximum atomic E-state index is 11.6. The number of carbonyl (C=O) groups is 1. The van der Waals surface area contributed by atoms with E-state index in [0.29, 0.717) is 0 Å². The molecule has 0 saturated carbocycles. The van der Waals surface area contributed by atoms with Crippen LogP contribution in [0.1, 0.15) is 16.7 Å². The van der Waals surface area contributed by atoms with E-state index in [4.69, 9.17) is 5.11 Å². The number of nitrogens with one attached hydrogen (secondary N) is 1. The van der Waals surface area contributed by atoms with Crippen LogP contribution in [-0.2, 0) is 11.2 Å². The smallest absolute Gasteiger partial charge is 0.308 e. The minimum atomic E-state index is -1.00. The Kier molecular flexibility index (Phi) is 2.71. The van der Waals surface area contributed by atoms with Crippen molar-refractivity contribution in [1.82, 2.24) is 4.98 Å². The van der Waals surface area contributed by atoms with Gasteiger partial charge in [0.1, 0.15) is 0 Å². The molecule has 0 unspecified atom stereocenters. The Hall–Kier alpha value is -2.10. The molecule has 0 bridgehead atoms. The third-order valence-electron chi connectivity index (χ3n) is 2.88. The van der Waals surface area contributed by atoms with Crippen LogP contribution in [0.25, 0.3) is 10.9 Å². The molecule has 17 heavy (non-hydrogen) atoms. The fourth-order valence-corrected chi connectivity index (χ4v) is 1.82. The lowest BCUT2D eigenvalue weighted by Gasteiger charge is -2.05. The van der Waals surface area contributed by atoms with Crippen LogP contribution in [0.5, 0.6) is 0 Å². The zero-order valence-corrected chi connectivity index (χ0v) is 9.70. The van der Waals surface area contributed by atoms with Gasteiger partial charge in [-0.25, -0.2) is 0 Å². The second-order valence-corrected chi connectivity index (χ2v) is 4.22. The Balaban J connectivity index is 2.67. The highest BCUT2D eigenvalue weighted by Crippen LogP contribution is 2.17. The zero-order chi connectivity index (χ0) is 12.6. The molecular formula is C13H13NO3. The number of benzene rings is 1. The van der Waals surface area contributed by atoms with Crippen molar-refractivity contribution in [3.63, 3.8) is 0 Å². The van der Waals surface area contributed by atoms with Gasteiger partial charge in [0.25, 0.3) is 5.56 Å². The molecule has 0 fully saturated rings. The van der Waals surface area contributed by atoms with Gasteiger partial charge in [-0.3, -0.25) is 9.59 Å². The van der Waals surface area contributed by atoms with Gasteiger partial charge in [-0.2, -0.15) is 0 Å². The van der Waals surface area contributed by atoms with E-state index in [2.05, 4.69) is 4.98 Å². The van der Waals surface area contributed by atoms with Gasteiger partial charge in [0.15, 0.2) is 0 Å². The molecule has 0 aliphatic rings. The molecule has 4 heteroatoms. The van der Waals surface area contributed by atoms with E-state index in [0.717, 1.165) is 22.0 Å². The van der Waals surface area contributed by atoms with Crippen molar-refractivity contribution in [1.29, 1.82) is 0 Å². The number of aliphatic carboxylic acids is 1. The number of rotatable bonds is 2. The van der Waals surface area contributed by atoms with Gasteiger partial charge < -0.3 is 10.1 Å². The number of H-pyrrole nitrogens is 1. The summed E-state index contributed by atoms with van der Waals surface area (Å²) in [5, 5.41) is 9.57. The lowest BCUT2D eigenvalue weighted by molar-refractivity contribution is -0.136. The van der Waals surface area contributed by atoms with E-state index < -0.39 is 5.97 Å². The third-order valence-corrected chi connectivity index (χ3v) is 2.88. The summed E-state index contributed by atoms with van der Waals surface area (Å²) < 4.78 is 0. The van der Waals surface area contributed by atoms with Crippen LogP contribution in [0.3, 0.4) is 0 Å². The molecule has 88 valence electrons. The standard InChI is InChI=1S/C13H13NO3/c1-7-3-9-5-10(6-12(15)16)13(17)14-11(9)4-8(7)2/h3-5H,6H2,1-2H3,(H,14,17)(H,15,16). The maximum absolute atomic E-state index is 11.6. The lowest BCUT2D eigenvalue weighted by atomic mass is 10.0. The number of pyridine rings is 1. The van der Waals surface area contributed by atoms with Gasteiger partial charge in [-0.15, -0.1) is 0 Å². The molecule has 1 aromatic carbocycles. The van der Waals surface area contributed by atoms with Gasteiger partial charge in [0, 0.05) is 11.1 Å². The molecule has 0 aliphatic heterocycles. The molecule has 0 amide bonds. The SMILES string of the molecule is Cc1cc2cc(CC(=O)O)c(=O)[nH]c2cc1C. The Morgan fingerprint density at radius 3 is 2.53 bits per heavy atom. The average molecular weight is 231 g/mol. The number of aromatic amines is 1. The number of carboxylic acids is 1. The topological polar surface area (TPSA) is 70.2 Å². The third kappa shape index (κ3) is 2.20. The minimum absolute atomic E-state index is 0.252. The second kappa shape index (κ2) is 4.05. The van der Waals surface area contributed by atoms with Crippen molar-refractivity contribution in [2.24, 2.45) is 0 Å². The fourth-order valence-electron chi connectivity index (χ4n) is 1.82. The molecule has 2 N–H and O–H groups in total. The quantitative estimate of drug-likeness (QED) is 0.827. The second-order valence-electron chi connectivity index (χ2n) is 4.22. The summed E-state index contributed by atoms with van der Waals surface area (Å²) in [5.74, 6) is -1.00. The molecule has 2 aromatic rings. The van der Waals surface area contributed by atoms with Gasteiger partial charge in [0.2, 0.25) is 0 Å². The van der Waals surface area contributed by atoms with Crippen LogP contribution in [0.15, 0.2) is 23.0 Å². The number of hydrogen-bond donors (Lipinski definition) is 2. The molecule has 0 aliphatic carbocycles. The molecule has 0 radical (unpaired) electrons. The molecule has 0 atom stereocenters. The van der Waals surface area contributed by atoms with E-state index in [-0.39, 0.29) is 17.5 Å². The van der Waals surface area contributed by atoms with Gasteiger partial charge >= 0.3 is 5.97 Å². The average Bonchev–Trinajstić information content (AvgIpc) is 2.22. The molecular weight excluding hydrogens is 218 g/mol. The summed E-state index contributed by atoms with van der Waals surface area (Å²) in [5.41, 5.74) is 2.91. The van der Waals surface area contributed by atoms with Crippen molar-refractivity contribution >= 4 is 16.9 Å². The predicted octanol–water partition coefficient (Wildman–Crippen LogP) is 1.77. The first-order chi connectivity index (χ1) is 7.97. The summed E-state index contributed by atoms with van der Waals surface area (Å²) >= 11 is 0. The summed E-state index contributed by atoms with van der Waals surface area (Å²) in [4.78, 5) is 25.0. The fraction of sp³-hybridized carbons (Fsp3) is 0.231. The largest absolute Gasteiger partial charge is 0.481 e. The first-order valence-corrected chi connectivity index (χ1v) is 5.32. The van der Waals surface area contributed by atoms with Crippen LogP contribution in [-0.4, -0.2) is 16.1 Å². The Morgan fingerprint density at radius 1 is 1.24 bits per heavy atom. The van der Waals surface area contributed by atoms with Gasteiger partial charge in [-0.1, -0.05) is 0 Å². The first-order valence-electron chi connectivity index (χ1n) is 5.32. The number of hydrogen-bond acceptors (Lipinski definition) is 2. The highest BCUT2D eigenvalue weighted by atomic mass is 16.4. The van der Waals surface area contributed by atoms with E-state index >= 15 is 0 Å². The summed E-state index contributed by atoms with van der Waals surface area (Å²) in [7, 11) is 0. The Bertz CT molecular complexity index is 655. The van der Waals surface area contributed by atoms with E-state index in [1.807, 2.05) is 26.0 Å². The van der Waals surface area contributed by atoms with E-state index in [9.17, 15) is 9.59 Å². The monoisotopic (exact) mass is 231 g/mol. The maximum Gasteiger partial charge on any atom is 0.308 e. The number of aromatic nitrogens is 1. The molecule has 2 rings (SSSR count). The lowest BCUT2D eigenvalue weighted by Crippen LogP contribution is -2.16. The highest BCUT2D eigenvalue weighted by Gasteiger charge is 2.07. The molecule has 1 heterocycles. The van der Waals surface area contributed by atoms with Crippen LogP contribution in [0, 0.1) is 13.8 Å². The predicted molar refractivity (Wildman–Crippen MR) is 65.4 cm³/mol. The van der Waals surface area contributed by atoms with Crippen molar-refractivity contribution in [2.45, 2.75) is 20.3 Å². The number of carboxylic acid groups (broad SMARTS) is 1. The Labute approximate surface area is 97.9 Å². The summed E-state index contributed by atoms with van der Waals surface area (Å²) in [6.45, 7) is 3.95. The highest BCUT2D eigenvalue weighted by molar-refractivity contribution is 5.82. The van der Waals surface area contributed by atoms with Crippen molar-refractivity contribution in [2.75, 3.05) is 0 Å². The zero-order valence-electron chi connectivity index (χ0n) is 9.70. The van der Waals surface area contributed by atoms with Crippen molar-refractivity contribution in [3.8, 4) is 0 Å².